The van der Waals surface area contributed by atoms with Crippen LogP contribution in [0.1, 0.15) is 55.4 Å². The van der Waals surface area contributed by atoms with E-state index in [1.54, 1.807) is 11.8 Å². The average molecular weight is 742 g/mol. The molecule has 3 fully saturated rings. The maximum atomic E-state index is 13.9. The summed E-state index contributed by atoms with van der Waals surface area (Å²) in [5.74, 6) is -1.43. The quantitative estimate of drug-likeness (QED) is 0.109. The van der Waals surface area contributed by atoms with Crippen LogP contribution in [-0.4, -0.2) is 63.7 Å². The normalized spacial score (nSPS) is 25.6. The number of hydrogen-bond donors (Lipinski definition) is 3. The summed E-state index contributed by atoms with van der Waals surface area (Å²) in [5.41, 5.74) is 1.63. The zero-order valence-electron chi connectivity index (χ0n) is 28.5. The van der Waals surface area contributed by atoms with Crippen molar-refractivity contribution in [3.8, 4) is 11.5 Å². The summed E-state index contributed by atoms with van der Waals surface area (Å²) in [6.07, 6.45) is 2.59. The van der Waals surface area contributed by atoms with Gasteiger partial charge in [0.15, 0.2) is 18.1 Å². The molecule has 4 aromatic rings. The predicted molar refractivity (Wildman–Crippen MR) is 197 cm³/mol. The van der Waals surface area contributed by atoms with Crippen LogP contribution in [0.3, 0.4) is 0 Å². The molecule has 1 aromatic heterocycles. The first-order valence-corrected chi connectivity index (χ1v) is 19.6. The molecule has 270 valence electrons. The summed E-state index contributed by atoms with van der Waals surface area (Å²) in [7, 11) is 0. The number of benzene rings is 3. The minimum atomic E-state index is -0.848. The van der Waals surface area contributed by atoms with E-state index in [1.807, 2.05) is 67.6 Å². The van der Waals surface area contributed by atoms with Crippen LogP contribution in [0.4, 0.5) is 5.69 Å². The fraction of sp³-hybridized carbons (Fsp3) is 0.410. The number of nitrogens with one attached hydrogen (secondary N) is 2. The number of aromatic amines is 1. The number of nitrogens with zero attached hydrogens (tertiary/aromatic N) is 1. The van der Waals surface area contributed by atoms with Crippen molar-refractivity contribution in [3.63, 3.8) is 0 Å². The molecule has 2 bridgehead atoms. The van der Waals surface area contributed by atoms with Crippen LogP contribution in [0.5, 0.6) is 11.5 Å². The summed E-state index contributed by atoms with van der Waals surface area (Å²) in [4.78, 5) is 69.6. The number of anilines is 1. The van der Waals surface area contributed by atoms with E-state index in [9.17, 15) is 24.0 Å². The zero-order chi connectivity index (χ0) is 36.1. The van der Waals surface area contributed by atoms with Gasteiger partial charge in [-0.15, -0.1) is 11.8 Å². The van der Waals surface area contributed by atoms with Crippen LogP contribution < -0.4 is 19.7 Å². The van der Waals surface area contributed by atoms with E-state index < -0.39 is 11.9 Å². The van der Waals surface area contributed by atoms with E-state index in [2.05, 4.69) is 10.3 Å². The minimum absolute atomic E-state index is 0.00623. The molecule has 2 saturated carbocycles. The molecule has 11 nitrogen and oxygen atoms in total. The van der Waals surface area contributed by atoms with E-state index in [1.165, 1.54) is 16.2 Å². The van der Waals surface area contributed by atoms with Crippen molar-refractivity contribution in [1.29, 1.82) is 0 Å². The first-order valence-electron chi connectivity index (χ1n) is 17.9. The van der Waals surface area contributed by atoms with Crippen LogP contribution in [0, 0.1) is 29.6 Å². The van der Waals surface area contributed by atoms with Gasteiger partial charge < -0.3 is 24.9 Å². The third-order valence-corrected chi connectivity index (χ3v) is 13.7. The first-order chi connectivity index (χ1) is 25.2. The van der Waals surface area contributed by atoms with Gasteiger partial charge in [0.2, 0.25) is 11.8 Å². The highest BCUT2D eigenvalue weighted by Crippen LogP contribution is 2.68. The van der Waals surface area contributed by atoms with Gasteiger partial charge in [0.05, 0.1) is 23.5 Å². The van der Waals surface area contributed by atoms with Crippen LogP contribution >= 0.6 is 23.1 Å². The maximum Gasteiger partial charge on any atom is 0.305 e. The van der Waals surface area contributed by atoms with E-state index in [0.717, 1.165) is 32.7 Å². The second-order valence-corrected chi connectivity index (χ2v) is 16.2. The summed E-state index contributed by atoms with van der Waals surface area (Å²) in [6, 6.07) is 19.3. The van der Waals surface area contributed by atoms with Gasteiger partial charge in [-0.25, -0.2) is 0 Å². The van der Waals surface area contributed by atoms with Gasteiger partial charge in [-0.2, -0.15) is 0 Å². The molecular weight excluding hydrogens is 703 g/mol. The molecule has 7 atom stereocenters. The molecule has 1 saturated heterocycles. The molecule has 13 heteroatoms. The maximum absolute atomic E-state index is 13.9. The Labute approximate surface area is 308 Å². The number of aromatic nitrogens is 1. The Morgan fingerprint density at radius 1 is 0.942 bits per heavy atom. The fourth-order valence-corrected chi connectivity index (χ4v) is 12.1. The number of carboxylic acids is 1. The number of rotatable bonds is 13. The fourth-order valence-electron chi connectivity index (χ4n) is 9.16. The van der Waals surface area contributed by atoms with Gasteiger partial charge in [0.1, 0.15) is 0 Å². The summed E-state index contributed by atoms with van der Waals surface area (Å²) in [6.45, 7) is 2.34. The monoisotopic (exact) mass is 741 g/mol. The van der Waals surface area contributed by atoms with Crippen molar-refractivity contribution < 1.29 is 33.8 Å². The Kier molecular flexibility index (Phi) is 9.33. The smallest absolute Gasteiger partial charge is 0.305 e. The number of imide groups is 1. The molecule has 3 heterocycles. The molecule has 8 rings (SSSR count). The Bertz CT molecular complexity index is 2120. The zero-order valence-corrected chi connectivity index (χ0v) is 30.2. The number of thiazole rings is 1. The lowest BCUT2D eigenvalue weighted by Crippen LogP contribution is -2.42. The SMILES string of the molecule is CCOc1cc([C@H]2c3sc(=O)[nH]c3SC3C4CC(C5C(=O)N(CCCCCC(=O)O)C(=O)C45)C32)ccc1OCC(=O)Nc1cccc2ccccc12. The molecule has 2 aliphatic carbocycles. The first kappa shape index (κ1) is 34.5. The van der Waals surface area contributed by atoms with Crippen LogP contribution in [0.25, 0.3) is 10.8 Å². The Morgan fingerprint density at radius 2 is 1.73 bits per heavy atom. The number of amides is 3. The van der Waals surface area contributed by atoms with Gasteiger partial charge in [0.25, 0.3) is 5.91 Å². The lowest BCUT2D eigenvalue weighted by molar-refractivity contribution is -0.141. The van der Waals surface area contributed by atoms with Gasteiger partial charge in [-0.1, -0.05) is 60.2 Å². The molecule has 6 unspecified atom stereocenters. The number of carboxylic acid groups (broad SMARTS) is 1. The Hall–Kier alpha value is -4.62. The molecule has 2 aliphatic heterocycles. The lowest BCUT2D eigenvalue weighted by Gasteiger charge is -2.43. The largest absolute Gasteiger partial charge is 0.490 e. The van der Waals surface area contributed by atoms with Crippen molar-refractivity contribution in [1.82, 2.24) is 9.88 Å². The molecule has 0 spiro atoms. The van der Waals surface area contributed by atoms with Gasteiger partial charge >= 0.3 is 10.8 Å². The summed E-state index contributed by atoms with van der Waals surface area (Å²) in [5, 5.41) is 14.7. The van der Waals surface area contributed by atoms with Crippen LogP contribution in [0.2, 0.25) is 0 Å². The molecule has 3 aromatic carbocycles. The highest BCUT2D eigenvalue weighted by Gasteiger charge is 2.69. The molecular formula is C39H39N3O8S2. The number of ether oxygens (including phenoxy) is 2. The van der Waals surface area contributed by atoms with Crippen molar-refractivity contribution in [2.24, 2.45) is 29.6 Å². The molecule has 0 radical (unpaired) electrons. The second kappa shape index (κ2) is 14.1. The van der Waals surface area contributed by atoms with Crippen LogP contribution in [0.15, 0.2) is 70.5 Å². The lowest BCUT2D eigenvalue weighted by atomic mass is 9.68. The number of H-pyrrole nitrogens is 1. The number of aliphatic carboxylic acids is 1. The number of fused-ring (bicyclic) bond motifs is 10. The van der Waals surface area contributed by atoms with Gasteiger partial charge in [-0.3, -0.25) is 28.9 Å². The Morgan fingerprint density at radius 3 is 2.54 bits per heavy atom. The van der Waals surface area contributed by atoms with E-state index in [0.29, 0.717) is 49.6 Å². The Balaban J connectivity index is 1.03. The second-order valence-electron chi connectivity index (χ2n) is 14.0. The van der Waals surface area contributed by atoms with Crippen molar-refractivity contribution in [3.05, 3.63) is 80.8 Å². The highest BCUT2D eigenvalue weighted by atomic mass is 32.2. The van der Waals surface area contributed by atoms with Crippen molar-refractivity contribution in [2.45, 2.75) is 55.2 Å². The van der Waals surface area contributed by atoms with E-state index in [-0.39, 0.29) is 70.5 Å². The van der Waals surface area contributed by atoms with Crippen molar-refractivity contribution >= 4 is 63.2 Å². The van der Waals surface area contributed by atoms with Crippen LogP contribution in [-0.2, 0) is 19.2 Å². The molecule has 3 N–H and O–H groups in total. The standard InChI is InChI=1S/C39H39N3O8S2/c1-2-49-27-17-21(14-15-26(27)50-19-28(43)40-25-12-8-10-20-9-5-6-11-22(20)25)30-31-23-18-24(34(31)51-36-35(30)52-39(48)41-36)33-32(23)37(46)42(38(33)47)16-7-3-4-13-29(44)45/h5-6,8-12,14-15,17,23-24,30-34H,2-4,7,13,16,18-19H2,1H3,(H,40,43)(H,41,48)(H,44,45)/t23?,24?,30-,31?,32?,33?,34?/m1/s1. The summed E-state index contributed by atoms with van der Waals surface area (Å²) < 4.78 is 12.1. The van der Waals surface area contributed by atoms with E-state index >= 15 is 0 Å². The van der Waals surface area contributed by atoms with E-state index in [4.69, 9.17) is 14.6 Å². The molecule has 52 heavy (non-hydrogen) atoms. The topological polar surface area (TPSA) is 155 Å². The predicted octanol–water partition coefficient (Wildman–Crippen LogP) is 6.12. The number of carbonyl (C=O) groups excluding carboxylic acids is 3. The molecule has 4 aliphatic rings. The number of unbranched alkanes of at least 4 members (excludes halogenated alkanes) is 2. The average Bonchev–Trinajstić information content (AvgIpc) is 3.87. The van der Waals surface area contributed by atoms with Gasteiger partial charge in [0, 0.05) is 40.1 Å². The van der Waals surface area contributed by atoms with Crippen molar-refractivity contribution in [2.75, 3.05) is 25.1 Å². The molecule has 3 amide bonds. The number of likely N-dealkylation sites (tertiary alicyclic amines) is 1. The third kappa shape index (κ3) is 6.07. The third-order valence-electron chi connectivity index (χ3n) is 11.1. The highest BCUT2D eigenvalue weighted by molar-refractivity contribution is 8.00. The number of carbonyl (C=O) groups is 4. The minimum Gasteiger partial charge on any atom is -0.490 e. The number of thioether (sulfide) groups is 1. The van der Waals surface area contributed by atoms with Gasteiger partial charge in [-0.05, 0) is 73.1 Å². The number of hydrogen-bond acceptors (Lipinski definition) is 9. The summed E-state index contributed by atoms with van der Waals surface area (Å²) >= 11 is 2.83.